The number of morpholine rings is 1. The van der Waals surface area contributed by atoms with Gasteiger partial charge >= 0.3 is 0 Å². The summed E-state index contributed by atoms with van der Waals surface area (Å²) in [6.45, 7) is 1.69. The number of nitrogens with zero attached hydrogens (tertiary/aromatic N) is 2. The van der Waals surface area contributed by atoms with Gasteiger partial charge < -0.3 is 24.8 Å². The van der Waals surface area contributed by atoms with Gasteiger partial charge in [-0.15, -0.1) is 0 Å². The number of benzene rings is 3. The number of rotatable bonds is 12. The van der Waals surface area contributed by atoms with Crippen LogP contribution in [-0.2, 0) is 34.4 Å². The molecule has 2 amide bonds. The average Bonchev–Trinajstić information content (AvgIpc) is 3.08. The maximum Gasteiger partial charge on any atom is 0.262 e. The summed E-state index contributed by atoms with van der Waals surface area (Å²) in [7, 11) is -7.19. The largest absolute Gasteiger partial charge is 0.484 e. The van der Waals surface area contributed by atoms with Crippen molar-refractivity contribution < 1.29 is 40.6 Å². The average molecular weight is 673 g/mol. The van der Waals surface area contributed by atoms with Crippen LogP contribution in [0, 0.1) is 0 Å². The van der Waals surface area contributed by atoms with Crippen molar-refractivity contribution in [3.8, 4) is 11.5 Å². The van der Waals surface area contributed by atoms with Crippen LogP contribution in [0.3, 0.4) is 0 Å². The molecular formula is C31H36N4O9S2. The normalized spacial score (nSPS) is 16.3. The molecule has 46 heavy (non-hydrogen) atoms. The lowest BCUT2D eigenvalue weighted by Gasteiger charge is -2.26. The lowest BCUT2D eigenvalue weighted by molar-refractivity contribution is -0.118. The molecule has 15 heteroatoms. The van der Waals surface area contributed by atoms with Crippen LogP contribution >= 0.6 is 0 Å². The predicted molar refractivity (Wildman–Crippen MR) is 170 cm³/mol. The summed E-state index contributed by atoms with van der Waals surface area (Å²) in [6, 6.07) is 18.4. The molecule has 2 saturated heterocycles. The Labute approximate surface area is 268 Å². The number of anilines is 2. The van der Waals surface area contributed by atoms with Gasteiger partial charge in [0, 0.05) is 37.6 Å². The zero-order chi connectivity index (χ0) is 32.6. The molecule has 3 aromatic carbocycles. The van der Waals surface area contributed by atoms with Crippen molar-refractivity contribution in [1.82, 2.24) is 8.61 Å². The molecule has 0 radical (unpaired) electrons. The lowest BCUT2D eigenvalue weighted by atomic mass is 10.2. The summed E-state index contributed by atoms with van der Waals surface area (Å²) >= 11 is 0. The molecule has 3 aromatic rings. The SMILES string of the molecule is O=C(COc1ccc(S(=O)(=O)N2CCCCC2)cc1)Nc1cccc(NC(=O)COc2ccc(S(=O)(=O)N3CCOCC3)cc2)c1. The molecule has 0 unspecified atom stereocenters. The molecule has 246 valence electrons. The maximum atomic E-state index is 12.8. The van der Waals surface area contributed by atoms with Gasteiger partial charge in [0.1, 0.15) is 11.5 Å². The van der Waals surface area contributed by atoms with Crippen LogP contribution in [-0.4, -0.2) is 89.9 Å². The van der Waals surface area contributed by atoms with Crippen molar-refractivity contribution >= 4 is 43.2 Å². The Bertz CT molecular complexity index is 1600. The Balaban J connectivity index is 1.06. The molecule has 2 N–H and O–H groups in total. The van der Waals surface area contributed by atoms with E-state index in [1.807, 2.05) is 0 Å². The van der Waals surface area contributed by atoms with Crippen LogP contribution in [0.1, 0.15) is 19.3 Å². The van der Waals surface area contributed by atoms with E-state index in [-0.39, 0.29) is 23.0 Å². The Morgan fingerprint density at radius 1 is 0.630 bits per heavy atom. The van der Waals surface area contributed by atoms with Crippen LogP contribution < -0.4 is 20.1 Å². The van der Waals surface area contributed by atoms with Crippen LogP contribution in [0.15, 0.2) is 82.6 Å². The molecule has 0 aromatic heterocycles. The Hall–Kier alpha value is -4.02. The zero-order valence-electron chi connectivity index (χ0n) is 25.1. The molecule has 2 heterocycles. The van der Waals surface area contributed by atoms with Crippen molar-refractivity contribution in [2.24, 2.45) is 0 Å². The number of carbonyl (C=O) groups is 2. The van der Waals surface area contributed by atoms with E-state index in [4.69, 9.17) is 14.2 Å². The molecule has 2 aliphatic rings. The molecule has 0 atom stereocenters. The van der Waals surface area contributed by atoms with E-state index < -0.39 is 31.9 Å². The molecule has 5 rings (SSSR count). The highest BCUT2D eigenvalue weighted by Crippen LogP contribution is 2.24. The van der Waals surface area contributed by atoms with E-state index in [9.17, 15) is 26.4 Å². The number of hydrogen-bond donors (Lipinski definition) is 2. The van der Waals surface area contributed by atoms with Gasteiger partial charge in [0.2, 0.25) is 20.0 Å². The van der Waals surface area contributed by atoms with Crippen molar-refractivity contribution in [2.45, 2.75) is 29.1 Å². The van der Waals surface area contributed by atoms with Crippen LogP contribution in [0.25, 0.3) is 0 Å². The van der Waals surface area contributed by atoms with E-state index in [0.29, 0.717) is 62.3 Å². The third-order valence-corrected chi connectivity index (χ3v) is 11.2. The van der Waals surface area contributed by atoms with Gasteiger partial charge in [-0.3, -0.25) is 9.59 Å². The second kappa shape index (κ2) is 15.0. The van der Waals surface area contributed by atoms with Crippen LogP contribution in [0.5, 0.6) is 11.5 Å². The molecule has 0 bridgehead atoms. The number of ether oxygens (including phenoxy) is 3. The number of amides is 2. The standard InChI is InChI=1S/C31H36N4O9S2/c36-30(22-43-26-7-11-28(12-8-26)45(38,39)34-15-2-1-3-16-34)32-24-5-4-6-25(21-24)33-31(37)23-44-27-9-13-29(14-10-27)46(40,41)35-17-19-42-20-18-35/h4-14,21H,1-3,15-20,22-23H2,(H,32,36)(H,33,37). The van der Waals surface area contributed by atoms with Gasteiger partial charge in [-0.25, -0.2) is 16.8 Å². The molecule has 2 aliphatic heterocycles. The summed E-state index contributed by atoms with van der Waals surface area (Å²) in [5.41, 5.74) is 0.845. The number of piperidine rings is 1. The third-order valence-electron chi connectivity index (χ3n) is 7.38. The van der Waals surface area contributed by atoms with Gasteiger partial charge in [-0.2, -0.15) is 8.61 Å². The first kappa shape index (κ1) is 33.3. The quantitative estimate of drug-likeness (QED) is 0.295. The smallest absolute Gasteiger partial charge is 0.262 e. The monoisotopic (exact) mass is 672 g/mol. The van der Waals surface area contributed by atoms with E-state index in [1.54, 1.807) is 24.3 Å². The molecule has 0 saturated carbocycles. The van der Waals surface area contributed by atoms with Gasteiger partial charge in [0.25, 0.3) is 11.8 Å². The van der Waals surface area contributed by atoms with Gasteiger partial charge in [0.05, 0.1) is 23.0 Å². The van der Waals surface area contributed by atoms with Gasteiger partial charge in [-0.05, 0) is 79.6 Å². The highest BCUT2D eigenvalue weighted by molar-refractivity contribution is 7.89. The fourth-order valence-electron chi connectivity index (χ4n) is 4.97. The summed E-state index contributed by atoms with van der Waals surface area (Å²) in [6.07, 6.45) is 2.73. The third kappa shape index (κ3) is 8.61. The Kier molecular flexibility index (Phi) is 10.9. The number of nitrogens with one attached hydrogen (secondary N) is 2. The summed E-state index contributed by atoms with van der Waals surface area (Å²) < 4.78 is 70.3. The first-order valence-corrected chi connectivity index (χ1v) is 17.7. The van der Waals surface area contributed by atoms with Crippen LogP contribution in [0.4, 0.5) is 11.4 Å². The fourth-order valence-corrected chi connectivity index (χ4v) is 7.90. The van der Waals surface area contributed by atoms with Crippen molar-refractivity contribution in [1.29, 1.82) is 0 Å². The maximum absolute atomic E-state index is 12.8. The first-order chi connectivity index (χ1) is 22.1. The minimum absolute atomic E-state index is 0.132. The lowest BCUT2D eigenvalue weighted by Crippen LogP contribution is -2.40. The van der Waals surface area contributed by atoms with Crippen molar-refractivity contribution in [2.75, 3.05) is 63.2 Å². The minimum Gasteiger partial charge on any atom is -0.484 e. The molecule has 0 spiro atoms. The fraction of sp³-hybridized carbons (Fsp3) is 0.355. The zero-order valence-corrected chi connectivity index (χ0v) is 26.7. The van der Waals surface area contributed by atoms with Gasteiger partial charge in [-0.1, -0.05) is 12.5 Å². The second-order valence-corrected chi connectivity index (χ2v) is 14.6. The number of carbonyl (C=O) groups excluding carboxylic acids is 2. The first-order valence-electron chi connectivity index (χ1n) is 14.8. The number of sulfonamides is 2. The van der Waals surface area contributed by atoms with Gasteiger partial charge in [0.15, 0.2) is 13.2 Å². The topological polar surface area (TPSA) is 161 Å². The van der Waals surface area contributed by atoms with E-state index in [2.05, 4.69) is 10.6 Å². The number of hydrogen-bond acceptors (Lipinski definition) is 9. The Morgan fingerprint density at radius 2 is 1.07 bits per heavy atom. The molecular weight excluding hydrogens is 636 g/mol. The van der Waals surface area contributed by atoms with E-state index >= 15 is 0 Å². The van der Waals surface area contributed by atoms with Crippen molar-refractivity contribution in [3.05, 3.63) is 72.8 Å². The molecule has 0 aliphatic carbocycles. The predicted octanol–water partition coefficient (Wildman–Crippen LogP) is 2.92. The molecule has 13 nitrogen and oxygen atoms in total. The summed E-state index contributed by atoms with van der Waals surface area (Å²) in [5, 5.41) is 5.38. The molecule has 2 fully saturated rings. The van der Waals surface area contributed by atoms with E-state index in [1.165, 1.54) is 57.1 Å². The second-order valence-electron chi connectivity index (χ2n) is 10.7. The highest BCUT2D eigenvalue weighted by atomic mass is 32.2. The summed E-state index contributed by atoms with van der Waals surface area (Å²) in [5.74, 6) is -0.226. The Morgan fingerprint density at radius 3 is 1.52 bits per heavy atom. The highest BCUT2D eigenvalue weighted by Gasteiger charge is 2.27. The summed E-state index contributed by atoms with van der Waals surface area (Å²) in [4.78, 5) is 25.3. The minimum atomic E-state index is -3.63. The van der Waals surface area contributed by atoms with Crippen molar-refractivity contribution in [3.63, 3.8) is 0 Å². The van der Waals surface area contributed by atoms with E-state index in [0.717, 1.165) is 19.3 Å². The van der Waals surface area contributed by atoms with Crippen LogP contribution in [0.2, 0.25) is 0 Å².